The van der Waals surface area contributed by atoms with E-state index in [0.29, 0.717) is 6.54 Å². The smallest absolute Gasteiger partial charge is 0.223 e. The first-order valence-corrected chi connectivity index (χ1v) is 5.42. The van der Waals surface area contributed by atoms with Gasteiger partial charge in [0.05, 0.1) is 0 Å². The fourth-order valence-corrected chi connectivity index (χ4v) is 1.58. The van der Waals surface area contributed by atoms with Crippen LogP contribution in [0.1, 0.15) is 40.0 Å². The summed E-state index contributed by atoms with van der Waals surface area (Å²) >= 11 is 0. The molecular weight excluding hydrogens is 176 g/mol. The number of hydrogen-bond acceptors (Lipinski definition) is 2. The third-order valence-electron chi connectivity index (χ3n) is 2.36. The average molecular weight is 198 g/mol. The van der Waals surface area contributed by atoms with Crippen molar-refractivity contribution in [3.8, 4) is 0 Å². The average Bonchev–Trinajstić information content (AvgIpc) is 2.78. The van der Waals surface area contributed by atoms with E-state index in [1.807, 2.05) is 0 Å². The Bertz CT molecular complexity index is 204. The van der Waals surface area contributed by atoms with Crippen molar-refractivity contribution < 1.29 is 4.79 Å². The van der Waals surface area contributed by atoms with Gasteiger partial charge in [-0.2, -0.15) is 0 Å². The molecule has 0 aromatic heterocycles. The first-order chi connectivity index (χ1) is 6.38. The molecule has 0 heterocycles. The summed E-state index contributed by atoms with van der Waals surface area (Å²) < 4.78 is 0. The van der Waals surface area contributed by atoms with Gasteiger partial charge in [0.1, 0.15) is 0 Å². The quantitative estimate of drug-likeness (QED) is 0.715. The molecule has 1 amide bonds. The van der Waals surface area contributed by atoms with Crippen LogP contribution in [0.3, 0.4) is 0 Å². The monoisotopic (exact) mass is 198 g/mol. The van der Waals surface area contributed by atoms with E-state index >= 15 is 0 Å². The maximum Gasteiger partial charge on any atom is 0.223 e. The lowest BCUT2D eigenvalue weighted by atomic mass is 9.88. The van der Waals surface area contributed by atoms with Gasteiger partial charge in [-0.3, -0.25) is 4.79 Å². The molecule has 1 fully saturated rings. The van der Waals surface area contributed by atoms with E-state index in [4.69, 9.17) is 5.73 Å². The van der Waals surface area contributed by atoms with Gasteiger partial charge >= 0.3 is 0 Å². The predicted octanol–water partition coefficient (Wildman–Crippen LogP) is 1.28. The van der Waals surface area contributed by atoms with Crippen LogP contribution in [-0.4, -0.2) is 18.5 Å². The molecule has 0 saturated heterocycles. The standard InChI is InChI=1S/C11H22N2O/c1-11(2,3)6-9(12)7-13-10(14)8-4-5-8/h8-9H,4-7,12H2,1-3H3,(H,13,14). The van der Waals surface area contributed by atoms with Gasteiger partial charge in [-0.1, -0.05) is 20.8 Å². The summed E-state index contributed by atoms with van der Waals surface area (Å²) in [5, 5.41) is 2.90. The van der Waals surface area contributed by atoms with E-state index in [2.05, 4.69) is 26.1 Å². The molecule has 0 aromatic carbocycles. The SMILES string of the molecule is CC(C)(C)CC(N)CNC(=O)C1CC1. The largest absolute Gasteiger partial charge is 0.354 e. The molecule has 0 aromatic rings. The van der Waals surface area contributed by atoms with Crippen molar-refractivity contribution >= 4 is 5.91 Å². The third-order valence-corrected chi connectivity index (χ3v) is 2.36. The minimum absolute atomic E-state index is 0.0812. The van der Waals surface area contributed by atoms with Crippen LogP contribution < -0.4 is 11.1 Å². The normalized spacial score (nSPS) is 19.1. The molecule has 82 valence electrons. The number of hydrogen-bond donors (Lipinski definition) is 2. The molecule has 1 atom stereocenters. The van der Waals surface area contributed by atoms with Crippen LogP contribution in [-0.2, 0) is 4.79 Å². The molecule has 3 N–H and O–H groups in total. The maximum absolute atomic E-state index is 11.3. The summed E-state index contributed by atoms with van der Waals surface area (Å²) in [7, 11) is 0. The summed E-state index contributed by atoms with van der Waals surface area (Å²) in [5.74, 6) is 0.478. The van der Waals surface area contributed by atoms with E-state index in [1.54, 1.807) is 0 Å². The number of nitrogens with one attached hydrogen (secondary N) is 1. The zero-order chi connectivity index (χ0) is 10.8. The molecule has 1 rings (SSSR count). The van der Waals surface area contributed by atoms with Gasteiger partial charge in [-0.25, -0.2) is 0 Å². The topological polar surface area (TPSA) is 55.1 Å². The molecule has 0 aliphatic heterocycles. The van der Waals surface area contributed by atoms with Gasteiger partial charge in [0.2, 0.25) is 5.91 Å². The van der Waals surface area contributed by atoms with Crippen LogP contribution in [0.4, 0.5) is 0 Å². The summed E-state index contributed by atoms with van der Waals surface area (Å²) in [5.41, 5.74) is 6.15. The lowest BCUT2D eigenvalue weighted by molar-refractivity contribution is -0.122. The van der Waals surface area contributed by atoms with Crippen LogP contribution in [0.25, 0.3) is 0 Å². The fourth-order valence-electron chi connectivity index (χ4n) is 1.58. The van der Waals surface area contributed by atoms with Crippen molar-refractivity contribution in [2.45, 2.75) is 46.1 Å². The zero-order valence-corrected chi connectivity index (χ0v) is 9.47. The first kappa shape index (κ1) is 11.5. The number of amides is 1. The Kier molecular flexibility index (Phi) is 3.53. The Morgan fingerprint density at radius 1 is 1.50 bits per heavy atom. The second kappa shape index (κ2) is 4.30. The van der Waals surface area contributed by atoms with Gasteiger partial charge in [0, 0.05) is 18.5 Å². The second-order valence-electron chi connectivity index (χ2n) is 5.54. The Balaban J connectivity index is 2.13. The summed E-state index contributed by atoms with van der Waals surface area (Å²) in [6.45, 7) is 7.10. The highest BCUT2D eigenvalue weighted by atomic mass is 16.2. The highest BCUT2D eigenvalue weighted by molar-refractivity contribution is 5.80. The molecule has 3 nitrogen and oxygen atoms in total. The summed E-state index contributed by atoms with van der Waals surface area (Å²) in [6.07, 6.45) is 3.05. The molecule has 14 heavy (non-hydrogen) atoms. The van der Waals surface area contributed by atoms with Crippen molar-refractivity contribution in [3.05, 3.63) is 0 Å². The molecule has 1 aliphatic carbocycles. The minimum Gasteiger partial charge on any atom is -0.354 e. The van der Waals surface area contributed by atoms with Crippen molar-refractivity contribution in [1.29, 1.82) is 0 Å². The van der Waals surface area contributed by atoms with Gasteiger partial charge in [0.25, 0.3) is 0 Å². The van der Waals surface area contributed by atoms with Crippen molar-refractivity contribution in [2.75, 3.05) is 6.54 Å². The van der Waals surface area contributed by atoms with Crippen LogP contribution >= 0.6 is 0 Å². The predicted molar refractivity (Wildman–Crippen MR) is 57.8 cm³/mol. The maximum atomic E-state index is 11.3. The Morgan fingerprint density at radius 2 is 2.07 bits per heavy atom. The highest BCUT2D eigenvalue weighted by Gasteiger charge is 2.29. The summed E-state index contributed by atoms with van der Waals surface area (Å²) in [4.78, 5) is 11.3. The molecule has 3 heteroatoms. The molecule has 1 aliphatic rings. The van der Waals surface area contributed by atoms with Gasteiger partial charge in [0.15, 0.2) is 0 Å². The van der Waals surface area contributed by atoms with E-state index in [0.717, 1.165) is 19.3 Å². The first-order valence-electron chi connectivity index (χ1n) is 5.42. The van der Waals surface area contributed by atoms with E-state index in [9.17, 15) is 4.79 Å². The Morgan fingerprint density at radius 3 is 2.50 bits per heavy atom. The van der Waals surface area contributed by atoms with E-state index in [-0.39, 0.29) is 23.3 Å². The van der Waals surface area contributed by atoms with E-state index < -0.39 is 0 Å². The number of carbonyl (C=O) groups is 1. The fraction of sp³-hybridized carbons (Fsp3) is 0.909. The second-order valence-corrected chi connectivity index (χ2v) is 5.54. The minimum atomic E-state index is 0.0812. The number of rotatable bonds is 4. The van der Waals surface area contributed by atoms with E-state index in [1.165, 1.54) is 0 Å². The van der Waals surface area contributed by atoms with Crippen LogP contribution in [0.2, 0.25) is 0 Å². The molecule has 0 spiro atoms. The Hall–Kier alpha value is -0.570. The van der Waals surface area contributed by atoms with Crippen LogP contribution in [0.15, 0.2) is 0 Å². The van der Waals surface area contributed by atoms with Crippen molar-refractivity contribution in [3.63, 3.8) is 0 Å². The number of carbonyl (C=O) groups excluding carboxylic acids is 1. The highest BCUT2D eigenvalue weighted by Crippen LogP contribution is 2.28. The lowest BCUT2D eigenvalue weighted by Crippen LogP contribution is -2.39. The Labute approximate surface area is 86.4 Å². The number of nitrogens with two attached hydrogens (primary N) is 1. The lowest BCUT2D eigenvalue weighted by Gasteiger charge is -2.23. The van der Waals surface area contributed by atoms with Gasteiger partial charge < -0.3 is 11.1 Å². The van der Waals surface area contributed by atoms with Gasteiger partial charge in [-0.05, 0) is 24.7 Å². The van der Waals surface area contributed by atoms with Gasteiger partial charge in [-0.15, -0.1) is 0 Å². The molecule has 1 saturated carbocycles. The molecular formula is C11H22N2O. The molecule has 0 radical (unpaired) electrons. The third kappa shape index (κ3) is 4.61. The summed E-state index contributed by atoms with van der Waals surface area (Å²) in [6, 6.07) is 0.0812. The molecule has 0 bridgehead atoms. The van der Waals surface area contributed by atoms with Crippen LogP contribution in [0.5, 0.6) is 0 Å². The van der Waals surface area contributed by atoms with Crippen molar-refractivity contribution in [2.24, 2.45) is 17.1 Å². The van der Waals surface area contributed by atoms with Crippen molar-refractivity contribution in [1.82, 2.24) is 5.32 Å². The van der Waals surface area contributed by atoms with Crippen LogP contribution in [0, 0.1) is 11.3 Å². The molecule has 1 unspecified atom stereocenters. The zero-order valence-electron chi connectivity index (χ0n) is 9.47.